The second-order valence-electron chi connectivity index (χ2n) is 2.71. The quantitative estimate of drug-likeness (QED) is 0.691. The molecule has 0 N–H and O–H groups in total. The Morgan fingerprint density at radius 2 is 2.31 bits per heavy atom. The molecule has 0 radical (unpaired) electrons. The van der Waals surface area contributed by atoms with Gasteiger partial charge >= 0.3 is 0 Å². The summed E-state index contributed by atoms with van der Waals surface area (Å²) in [5.74, 6) is -0.0230. The molecular formula is C11H13FO. The average Bonchev–Trinajstić information content (AvgIpc) is 2.15. The molecule has 1 aromatic carbocycles. The lowest BCUT2D eigenvalue weighted by molar-refractivity contribution is 0.300. The van der Waals surface area contributed by atoms with Gasteiger partial charge in [-0.2, -0.15) is 0 Å². The molecule has 0 saturated heterocycles. The van der Waals surface area contributed by atoms with Crippen molar-refractivity contribution in [3.8, 4) is 5.75 Å². The van der Waals surface area contributed by atoms with Crippen LogP contribution in [0, 0.1) is 5.82 Å². The van der Waals surface area contributed by atoms with Crippen molar-refractivity contribution < 1.29 is 9.13 Å². The largest absolute Gasteiger partial charge is 0.490 e. The number of hydrogen-bond acceptors (Lipinski definition) is 1. The lowest BCUT2D eigenvalue weighted by Crippen LogP contribution is -1.99. The molecule has 13 heavy (non-hydrogen) atoms. The first-order valence-electron chi connectivity index (χ1n) is 4.33. The minimum Gasteiger partial charge on any atom is -0.490 e. The predicted molar refractivity (Wildman–Crippen MR) is 52.3 cm³/mol. The number of para-hydroxylation sites is 1. The monoisotopic (exact) mass is 180 g/mol. The molecule has 0 aliphatic heterocycles. The van der Waals surface area contributed by atoms with Gasteiger partial charge in [-0.25, -0.2) is 4.39 Å². The highest BCUT2D eigenvalue weighted by molar-refractivity contribution is 5.55. The standard InChI is InChI=1S/C11H13FO/c1-3-8-13-11-9(4-2)6-5-7-10(11)12/h4-7H,2-3,8H2,1H3. The molecule has 0 aromatic heterocycles. The van der Waals surface area contributed by atoms with Crippen LogP contribution in [0.5, 0.6) is 5.75 Å². The highest BCUT2D eigenvalue weighted by Crippen LogP contribution is 2.23. The molecule has 1 rings (SSSR count). The van der Waals surface area contributed by atoms with Crippen molar-refractivity contribution in [1.82, 2.24) is 0 Å². The Hall–Kier alpha value is -1.31. The molecule has 0 unspecified atom stereocenters. The molecule has 2 heteroatoms. The minimum absolute atomic E-state index is 0.305. The number of benzene rings is 1. The van der Waals surface area contributed by atoms with E-state index >= 15 is 0 Å². The van der Waals surface area contributed by atoms with Gasteiger partial charge in [0, 0.05) is 5.56 Å². The van der Waals surface area contributed by atoms with Crippen molar-refractivity contribution in [2.24, 2.45) is 0 Å². The molecule has 70 valence electrons. The van der Waals surface area contributed by atoms with E-state index in [0.717, 1.165) is 6.42 Å². The maximum Gasteiger partial charge on any atom is 0.165 e. The van der Waals surface area contributed by atoms with Crippen LogP contribution in [0.4, 0.5) is 4.39 Å². The number of hydrogen-bond donors (Lipinski definition) is 0. The van der Waals surface area contributed by atoms with Crippen LogP contribution in [0.3, 0.4) is 0 Å². The zero-order valence-electron chi connectivity index (χ0n) is 7.72. The Morgan fingerprint density at radius 1 is 1.54 bits per heavy atom. The summed E-state index contributed by atoms with van der Waals surface area (Å²) in [7, 11) is 0. The van der Waals surface area contributed by atoms with E-state index in [1.165, 1.54) is 6.07 Å². The van der Waals surface area contributed by atoms with E-state index in [0.29, 0.717) is 17.9 Å². The average molecular weight is 180 g/mol. The molecule has 0 amide bonds. The molecule has 0 bridgehead atoms. The minimum atomic E-state index is -0.328. The van der Waals surface area contributed by atoms with Gasteiger partial charge in [-0.05, 0) is 12.5 Å². The second-order valence-corrected chi connectivity index (χ2v) is 2.71. The fourth-order valence-corrected chi connectivity index (χ4v) is 1.04. The third-order valence-corrected chi connectivity index (χ3v) is 1.67. The van der Waals surface area contributed by atoms with E-state index in [1.54, 1.807) is 18.2 Å². The molecule has 0 fully saturated rings. The van der Waals surface area contributed by atoms with Gasteiger partial charge in [-0.3, -0.25) is 0 Å². The van der Waals surface area contributed by atoms with E-state index in [1.807, 2.05) is 6.92 Å². The summed E-state index contributed by atoms with van der Waals surface area (Å²) >= 11 is 0. The normalized spacial score (nSPS) is 9.69. The van der Waals surface area contributed by atoms with Crippen LogP contribution < -0.4 is 4.74 Å². The van der Waals surface area contributed by atoms with Crippen molar-refractivity contribution >= 4 is 6.08 Å². The van der Waals surface area contributed by atoms with Crippen LogP contribution in [-0.4, -0.2) is 6.61 Å². The Bertz CT molecular complexity index is 294. The summed E-state index contributed by atoms with van der Waals surface area (Å²) in [5, 5.41) is 0. The predicted octanol–water partition coefficient (Wildman–Crippen LogP) is 3.26. The molecule has 1 aromatic rings. The fourth-order valence-electron chi connectivity index (χ4n) is 1.04. The molecular weight excluding hydrogens is 167 g/mol. The van der Waals surface area contributed by atoms with Crippen LogP contribution in [0.1, 0.15) is 18.9 Å². The van der Waals surface area contributed by atoms with Crippen molar-refractivity contribution in [3.63, 3.8) is 0 Å². The molecule has 0 saturated carbocycles. The van der Waals surface area contributed by atoms with Gasteiger partial charge in [0.1, 0.15) is 0 Å². The number of halogens is 1. The summed E-state index contributed by atoms with van der Waals surface area (Å²) < 4.78 is 18.4. The van der Waals surface area contributed by atoms with Gasteiger partial charge < -0.3 is 4.74 Å². The third-order valence-electron chi connectivity index (χ3n) is 1.67. The zero-order valence-corrected chi connectivity index (χ0v) is 7.72. The van der Waals surface area contributed by atoms with Gasteiger partial charge in [-0.15, -0.1) is 0 Å². The van der Waals surface area contributed by atoms with Crippen LogP contribution >= 0.6 is 0 Å². The van der Waals surface area contributed by atoms with Crippen molar-refractivity contribution in [1.29, 1.82) is 0 Å². The van der Waals surface area contributed by atoms with E-state index in [-0.39, 0.29) is 5.82 Å². The highest BCUT2D eigenvalue weighted by atomic mass is 19.1. The van der Waals surface area contributed by atoms with Gasteiger partial charge in [0.15, 0.2) is 11.6 Å². The summed E-state index contributed by atoms with van der Waals surface area (Å²) in [6.45, 7) is 6.10. The van der Waals surface area contributed by atoms with Gasteiger partial charge in [-0.1, -0.05) is 31.7 Å². The fraction of sp³-hybridized carbons (Fsp3) is 0.273. The van der Waals surface area contributed by atoms with Crippen LogP contribution in [0.2, 0.25) is 0 Å². The van der Waals surface area contributed by atoms with E-state index in [4.69, 9.17) is 4.74 Å². The van der Waals surface area contributed by atoms with E-state index in [9.17, 15) is 4.39 Å². The third kappa shape index (κ3) is 2.31. The maximum absolute atomic E-state index is 13.2. The van der Waals surface area contributed by atoms with Gasteiger partial charge in [0.05, 0.1) is 6.61 Å². The molecule has 0 heterocycles. The summed E-state index contributed by atoms with van der Waals surface area (Å²) in [5.41, 5.74) is 0.702. The van der Waals surface area contributed by atoms with Gasteiger partial charge in [0.2, 0.25) is 0 Å². The van der Waals surface area contributed by atoms with E-state index < -0.39 is 0 Å². The first-order chi connectivity index (χ1) is 6.29. The summed E-state index contributed by atoms with van der Waals surface area (Å²) in [6, 6.07) is 4.81. The highest BCUT2D eigenvalue weighted by Gasteiger charge is 2.05. The Kier molecular flexibility index (Phi) is 3.50. The second kappa shape index (κ2) is 4.65. The maximum atomic E-state index is 13.2. The summed E-state index contributed by atoms with van der Waals surface area (Å²) in [6.07, 6.45) is 2.46. The van der Waals surface area contributed by atoms with E-state index in [2.05, 4.69) is 6.58 Å². The van der Waals surface area contributed by atoms with Crippen LogP contribution in [-0.2, 0) is 0 Å². The molecule has 0 atom stereocenters. The Balaban J connectivity index is 2.93. The number of rotatable bonds is 4. The van der Waals surface area contributed by atoms with Crippen molar-refractivity contribution in [2.45, 2.75) is 13.3 Å². The zero-order chi connectivity index (χ0) is 9.68. The molecule has 0 aliphatic rings. The smallest absolute Gasteiger partial charge is 0.165 e. The van der Waals surface area contributed by atoms with Crippen molar-refractivity contribution in [2.75, 3.05) is 6.61 Å². The lowest BCUT2D eigenvalue weighted by atomic mass is 10.2. The SMILES string of the molecule is C=Cc1cccc(F)c1OCCC. The van der Waals surface area contributed by atoms with Crippen LogP contribution in [0.15, 0.2) is 24.8 Å². The molecule has 1 nitrogen and oxygen atoms in total. The first-order valence-corrected chi connectivity index (χ1v) is 4.33. The Morgan fingerprint density at radius 3 is 2.92 bits per heavy atom. The lowest BCUT2D eigenvalue weighted by Gasteiger charge is -2.08. The number of ether oxygens (including phenoxy) is 1. The topological polar surface area (TPSA) is 9.23 Å². The van der Waals surface area contributed by atoms with Gasteiger partial charge in [0.25, 0.3) is 0 Å². The van der Waals surface area contributed by atoms with Crippen LogP contribution in [0.25, 0.3) is 6.08 Å². The molecule has 0 spiro atoms. The summed E-state index contributed by atoms with van der Waals surface area (Å²) in [4.78, 5) is 0. The Labute approximate surface area is 77.8 Å². The van der Waals surface area contributed by atoms with Crippen molar-refractivity contribution in [3.05, 3.63) is 36.2 Å². The first kappa shape index (κ1) is 9.78. The molecule has 0 aliphatic carbocycles.